The number of nitrogens with zero attached hydrogens (tertiary/aromatic N) is 2. The first-order chi connectivity index (χ1) is 13.5. The van der Waals surface area contributed by atoms with E-state index in [1.165, 1.54) is 16.9 Å². The maximum atomic E-state index is 13.0. The molecule has 1 fully saturated rings. The maximum Gasteiger partial charge on any atom is 0.228 e. The van der Waals surface area contributed by atoms with Crippen LogP contribution in [0.25, 0.3) is 0 Å². The Labute approximate surface area is 171 Å². The van der Waals surface area contributed by atoms with E-state index >= 15 is 0 Å². The molecule has 0 radical (unpaired) electrons. The molecule has 2 amide bonds. The molecule has 1 aromatic carbocycles. The molecule has 1 aliphatic rings. The minimum atomic E-state index is -0.0942. The van der Waals surface area contributed by atoms with Crippen molar-refractivity contribution in [3.8, 4) is 0 Å². The van der Waals surface area contributed by atoms with E-state index < -0.39 is 0 Å². The summed E-state index contributed by atoms with van der Waals surface area (Å²) < 4.78 is 0. The highest BCUT2D eigenvalue weighted by molar-refractivity contribution is 7.13. The molecule has 2 aromatic rings. The van der Waals surface area contributed by atoms with Gasteiger partial charge in [0, 0.05) is 29.8 Å². The lowest BCUT2D eigenvalue weighted by molar-refractivity contribution is -0.131. The van der Waals surface area contributed by atoms with Crippen LogP contribution in [0.4, 0.5) is 5.13 Å². The van der Waals surface area contributed by atoms with E-state index in [1.807, 2.05) is 30.2 Å². The van der Waals surface area contributed by atoms with E-state index in [4.69, 9.17) is 0 Å². The number of thiazole rings is 1. The molecule has 0 aliphatic carbocycles. The largest absolute Gasteiger partial charge is 0.339 e. The van der Waals surface area contributed by atoms with Gasteiger partial charge in [0.1, 0.15) is 0 Å². The Bertz CT molecular complexity index is 803. The van der Waals surface area contributed by atoms with E-state index in [-0.39, 0.29) is 30.2 Å². The summed E-state index contributed by atoms with van der Waals surface area (Å²) in [5.41, 5.74) is 2.04. The third kappa shape index (κ3) is 4.79. The van der Waals surface area contributed by atoms with Crippen molar-refractivity contribution in [1.82, 2.24) is 9.88 Å². The Kier molecular flexibility index (Phi) is 6.83. The van der Waals surface area contributed by atoms with Crippen LogP contribution < -0.4 is 5.32 Å². The number of carbonyl (C=O) groups is 2. The van der Waals surface area contributed by atoms with Crippen LogP contribution in [0.5, 0.6) is 0 Å². The second-order valence-electron chi connectivity index (χ2n) is 7.69. The number of carbonyl (C=O) groups excluding carboxylic acids is 2. The Morgan fingerprint density at radius 3 is 2.71 bits per heavy atom. The van der Waals surface area contributed by atoms with E-state index in [0.29, 0.717) is 11.0 Å². The molecule has 0 bridgehead atoms. The lowest BCUT2D eigenvalue weighted by Gasteiger charge is -2.31. The third-order valence-corrected chi connectivity index (χ3v) is 6.20. The van der Waals surface area contributed by atoms with Gasteiger partial charge in [0.15, 0.2) is 5.13 Å². The maximum absolute atomic E-state index is 13.0. The zero-order valence-corrected chi connectivity index (χ0v) is 17.7. The van der Waals surface area contributed by atoms with Crippen LogP contribution in [-0.4, -0.2) is 34.3 Å². The molecule has 0 unspecified atom stereocenters. The van der Waals surface area contributed by atoms with Crippen LogP contribution in [0.3, 0.4) is 0 Å². The molecule has 6 heteroatoms. The van der Waals surface area contributed by atoms with Gasteiger partial charge in [-0.2, -0.15) is 0 Å². The number of likely N-dealkylation sites (tertiary alicyclic amines) is 1. The highest BCUT2D eigenvalue weighted by Gasteiger charge is 2.34. The van der Waals surface area contributed by atoms with Crippen molar-refractivity contribution in [1.29, 1.82) is 0 Å². The van der Waals surface area contributed by atoms with Gasteiger partial charge in [-0.1, -0.05) is 51.1 Å². The van der Waals surface area contributed by atoms with Crippen LogP contribution in [-0.2, 0) is 16.0 Å². The second-order valence-corrected chi connectivity index (χ2v) is 8.54. The summed E-state index contributed by atoms with van der Waals surface area (Å²) in [4.78, 5) is 31.3. The second kappa shape index (κ2) is 9.32. The van der Waals surface area contributed by atoms with E-state index in [1.54, 1.807) is 0 Å². The van der Waals surface area contributed by atoms with Crippen LogP contribution in [0.2, 0.25) is 0 Å². The van der Waals surface area contributed by atoms with E-state index in [9.17, 15) is 9.59 Å². The molecule has 1 aliphatic heterocycles. The van der Waals surface area contributed by atoms with Gasteiger partial charge in [0.25, 0.3) is 0 Å². The average molecular weight is 400 g/mol. The Morgan fingerprint density at radius 2 is 2.04 bits per heavy atom. The molecule has 150 valence electrons. The lowest BCUT2D eigenvalue weighted by atomic mass is 9.87. The standard InChI is InChI=1S/C22H29N3O2S/c1-4-18(16-9-6-5-7-10-16)19-11-8-12-25(19)20(26)13-17-14-28-22(23-17)24-21(27)15(2)3/h5-7,9-10,14-15,18-19H,4,8,11-13H2,1-3H3,(H,23,24,27)/t18-,19+/m0/s1. The molecule has 1 N–H and O–H groups in total. The predicted octanol–water partition coefficient (Wildman–Crippen LogP) is 4.46. The van der Waals surface area contributed by atoms with Crippen molar-refractivity contribution in [2.24, 2.45) is 5.92 Å². The number of nitrogens with one attached hydrogen (secondary N) is 1. The van der Waals surface area contributed by atoms with E-state index in [2.05, 4.69) is 41.5 Å². The number of benzene rings is 1. The topological polar surface area (TPSA) is 62.3 Å². The van der Waals surface area contributed by atoms with Crippen molar-refractivity contribution >= 4 is 28.3 Å². The van der Waals surface area contributed by atoms with Crippen LogP contribution in [0.15, 0.2) is 35.7 Å². The van der Waals surface area contributed by atoms with Crippen LogP contribution >= 0.6 is 11.3 Å². The van der Waals surface area contributed by atoms with Gasteiger partial charge in [-0.25, -0.2) is 4.98 Å². The molecule has 5 nitrogen and oxygen atoms in total. The number of hydrogen-bond acceptors (Lipinski definition) is 4. The SMILES string of the molecule is CC[C@@H](c1ccccc1)[C@H]1CCCN1C(=O)Cc1csc(NC(=O)C(C)C)n1. The van der Waals surface area contributed by atoms with Crippen molar-refractivity contribution in [3.05, 3.63) is 47.0 Å². The van der Waals surface area contributed by atoms with Crippen molar-refractivity contribution in [2.45, 2.75) is 58.4 Å². The number of anilines is 1. The van der Waals surface area contributed by atoms with Gasteiger partial charge in [-0.05, 0) is 24.8 Å². The van der Waals surface area contributed by atoms with Gasteiger partial charge in [-0.15, -0.1) is 11.3 Å². The molecule has 2 atom stereocenters. The number of amides is 2. The monoisotopic (exact) mass is 399 g/mol. The van der Waals surface area contributed by atoms with Gasteiger partial charge in [0.2, 0.25) is 11.8 Å². The Hall–Kier alpha value is -2.21. The summed E-state index contributed by atoms with van der Waals surface area (Å²) in [5, 5.41) is 5.24. The van der Waals surface area contributed by atoms with Crippen molar-refractivity contribution < 1.29 is 9.59 Å². The highest BCUT2D eigenvalue weighted by atomic mass is 32.1. The normalized spacial score (nSPS) is 17.7. The zero-order valence-electron chi connectivity index (χ0n) is 16.9. The fraction of sp³-hybridized carbons (Fsp3) is 0.500. The van der Waals surface area contributed by atoms with Crippen molar-refractivity contribution in [2.75, 3.05) is 11.9 Å². The van der Waals surface area contributed by atoms with Gasteiger partial charge >= 0.3 is 0 Å². The minimum absolute atomic E-state index is 0.0551. The molecule has 1 saturated heterocycles. The summed E-state index contributed by atoms with van der Waals surface area (Å²) >= 11 is 1.37. The minimum Gasteiger partial charge on any atom is -0.339 e. The molecule has 0 spiro atoms. The number of hydrogen-bond donors (Lipinski definition) is 1. The highest BCUT2D eigenvalue weighted by Crippen LogP contribution is 2.34. The first-order valence-electron chi connectivity index (χ1n) is 10.1. The summed E-state index contributed by atoms with van der Waals surface area (Å²) in [6, 6.07) is 10.8. The lowest BCUT2D eigenvalue weighted by Crippen LogP contribution is -2.40. The molecular formula is C22H29N3O2S. The Morgan fingerprint density at radius 1 is 1.29 bits per heavy atom. The van der Waals surface area contributed by atoms with Crippen LogP contribution in [0.1, 0.15) is 57.2 Å². The fourth-order valence-electron chi connectivity index (χ4n) is 3.90. The predicted molar refractivity (Wildman–Crippen MR) is 113 cm³/mol. The molecule has 0 saturated carbocycles. The van der Waals surface area contributed by atoms with E-state index in [0.717, 1.165) is 31.5 Å². The average Bonchev–Trinajstić information content (AvgIpc) is 3.33. The van der Waals surface area contributed by atoms with Gasteiger partial charge in [-0.3, -0.25) is 9.59 Å². The quantitative estimate of drug-likeness (QED) is 0.747. The smallest absolute Gasteiger partial charge is 0.228 e. The molecule has 3 rings (SSSR count). The molecule has 28 heavy (non-hydrogen) atoms. The first-order valence-corrected chi connectivity index (χ1v) is 11.0. The van der Waals surface area contributed by atoms with Gasteiger partial charge < -0.3 is 10.2 Å². The third-order valence-electron chi connectivity index (χ3n) is 5.39. The number of aromatic nitrogens is 1. The summed E-state index contributed by atoms with van der Waals surface area (Å²) in [7, 11) is 0. The first kappa shape index (κ1) is 20.5. The fourth-order valence-corrected chi connectivity index (χ4v) is 4.62. The molecule has 2 heterocycles. The van der Waals surface area contributed by atoms with Gasteiger partial charge in [0.05, 0.1) is 12.1 Å². The molecule has 1 aromatic heterocycles. The van der Waals surface area contributed by atoms with Crippen molar-refractivity contribution in [3.63, 3.8) is 0 Å². The Balaban J connectivity index is 1.66. The number of rotatable bonds is 7. The summed E-state index contributed by atoms with van der Waals surface area (Å²) in [6.45, 7) is 6.70. The van der Waals surface area contributed by atoms with Crippen LogP contribution in [0, 0.1) is 5.92 Å². The summed E-state index contributed by atoms with van der Waals surface area (Å²) in [5.74, 6) is 0.344. The molecular weight excluding hydrogens is 370 g/mol. The summed E-state index contributed by atoms with van der Waals surface area (Å²) in [6.07, 6.45) is 3.40. The zero-order chi connectivity index (χ0) is 20.1.